The summed E-state index contributed by atoms with van der Waals surface area (Å²) >= 11 is 0. The van der Waals surface area contributed by atoms with Gasteiger partial charge in [0.1, 0.15) is 0 Å². The van der Waals surface area contributed by atoms with Crippen LogP contribution in [0.1, 0.15) is 38.8 Å². The number of rotatable bonds is 4. The van der Waals surface area contributed by atoms with Crippen molar-refractivity contribution < 1.29 is 4.79 Å². The van der Waals surface area contributed by atoms with E-state index in [4.69, 9.17) is 0 Å². The molecule has 82 valence electrons. The van der Waals surface area contributed by atoms with Crippen molar-refractivity contribution in [3.05, 3.63) is 30.1 Å². The SMILES string of the molecule is CCC(NC(=O)C(C)C)c1ccncc1. The maximum absolute atomic E-state index is 11.6. The molecule has 1 amide bonds. The third-order valence-corrected chi connectivity index (χ3v) is 2.36. The van der Waals surface area contributed by atoms with Crippen LogP contribution < -0.4 is 5.32 Å². The lowest BCUT2D eigenvalue weighted by molar-refractivity contribution is -0.124. The van der Waals surface area contributed by atoms with Crippen molar-refractivity contribution in [2.24, 2.45) is 5.92 Å². The smallest absolute Gasteiger partial charge is 0.223 e. The molecule has 1 rings (SSSR count). The number of nitrogens with one attached hydrogen (secondary N) is 1. The highest BCUT2D eigenvalue weighted by molar-refractivity contribution is 5.78. The lowest BCUT2D eigenvalue weighted by atomic mass is 10.1. The van der Waals surface area contributed by atoms with Crippen molar-refractivity contribution in [1.29, 1.82) is 0 Å². The monoisotopic (exact) mass is 206 g/mol. The predicted molar refractivity (Wildman–Crippen MR) is 60.2 cm³/mol. The average Bonchev–Trinajstić information content (AvgIpc) is 2.26. The van der Waals surface area contributed by atoms with E-state index in [9.17, 15) is 4.79 Å². The second kappa shape index (κ2) is 5.49. The van der Waals surface area contributed by atoms with Crippen LogP contribution in [0.25, 0.3) is 0 Å². The van der Waals surface area contributed by atoms with Crippen LogP contribution >= 0.6 is 0 Å². The van der Waals surface area contributed by atoms with Gasteiger partial charge in [-0.2, -0.15) is 0 Å². The summed E-state index contributed by atoms with van der Waals surface area (Å²) in [5.74, 6) is 0.125. The summed E-state index contributed by atoms with van der Waals surface area (Å²) in [6, 6.07) is 3.98. The van der Waals surface area contributed by atoms with Gasteiger partial charge in [0.25, 0.3) is 0 Å². The van der Waals surface area contributed by atoms with Crippen molar-refractivity contribution in [3.63, 3.8) is 0 Å². The van der Waals surface area contributed by atoms with Gasteiger partial charge < -0.3 is 5.32 Å². The first-order valence-corrected chi connectivity index (χ1v) is 5.35. The van der Waals surface area contributed by atoms with E-state index in [1.807, 2.05) is 26.0 Å². The van der Waals surface area contributed by atoms with E-state index in [1.165, 1.54) is 0 Å². The Balaban J connectivity index is 2.69. The van der Waals surface area contributed by atoms with E-state index in [0.717, 1.165) is 12.0 Å². The Hall–Kier alpha value is -1.38. The van der Waals surface area contributed by atoms with Crippen molar-refractivity contribution in [3.8, 4) is 0 Å². The summed E-state index contributed by atoms with van der Waals surface area (Å²) in [5.41, 5.74) is 1.11. The molecule has 0 spiro atoms. The third-order valence-electron chi connectivity index (χ3n) is 2.36. The van der Waals surface area contributed by atoms with Crippen molar-refractivity contribution in [2.45, 2.75) is 33.2 Å². The molecular weight excluding hydrogens is 188 g/mol. The number of aromatic nitrogens is 1. The summed E-state index contributed by atoms with van der Waals surface area (Å²) in [7, 11) is 0. The number of pyridine rings is 1. The summed E-state index contributed by atoms with van der Waals surface area (Å²) < 4.78 is 0. The Morgan fingerprint density at radius 3 is 2.47 bits per heavy atom. The molecule has 1 heterocycles. The van der Waals surface area contributed by atoms with Crippen molar-refractivity contribution in [1.82, 2.24) is 10.3 Å². The van der Waals surface area contributed by atoms with Gasteiger partial charge in [-0.1, -0.05) is 20.8 Å². The first-order valence-electron chi connectivity index (χ1n) is 5.35. The highest BCUT2D eigenvalue weighted by Crippen LogP contribution is 2.15. The topological polar surface area (TPSA) is 42.0 Å². The number of carbonyl (C=O) groups is 1. The van der Waals surface area contributed by atoms with Crippen LogP contribution in [0.15, 0.2) is 24.5 Å². The van der Waals surface area contributed by atoms with Crippen LogP contribution in [0.5, 0.6) is 0 Å². The zero-order valence-electron chi connectivity index (χ0n) is 9.53. The maximum atomic E-state index is 11.6. The summed E-state index contributed by atoms with van der Waals surface area (Å²) in [4.78, 5) is 15.5. The number of carbonyl (C=O) groups excluding carboxylic acids is 1. The van der Waals surface area contributed by atoms with Gasteiger partial charge in [0.15, 0.2) is 0 Å². The molecule has 0 aliphatic heterocycles. The molecule has 0 aliphatic carbocycles. The molecule has 1 aromatic heterocycles. The fourth-order valence-corrected chi connectivity index (χ4v) is 1.36. The number of hydrogen-bond donors (Lipinski definition) is 1. The fourth-order valence-electron chi connectivity index (χ4n) is 1.36. The molecule has 0 saturated heterocycles. The summed E-state index contributed by atoms with van der Waals surface area (Å²) in [6.07, 6.45) is 4.39. The molecule has 1 N–H and O–H groups in total. The molecule has 3 heteroatoms. The van der Waals surface area contributed by atoms with Crippen LogP contribution in [-0.2, 0) is 4.79 Å². The number of nitrogens with zero attached hydrogens (tertiary/aromatic N) is 1. The highest BCUT2D eigenvalue weighted by atomic mass is 16.1. The lowest BCUT2D eigenvalue weighted by Gasteiger charge is -2.18. The minimum Gasteiger partial charge on any atom is -0.349 e. The zero-order chi connectivity index (χ0) is 11.3. The molecule has 0 bridgehead atoms. The normalized spacial score (nSPS) is 12.5. The van der Waals surface area contributed by atoms with Crippen LogP contribution in [0.4, 0.5) is 0 Å². The lowest BCUT2D eigenvalue weighted by Crippen LogP contribution is -2.31. The van der Waals surface area contributed by atoms with Crippen LogP contribution in [0, 0.1) is 5.92 Å². The molecule has 1 aromatic rings. The summed E-state index contributed by atoms with van der Waals surface area (Å²) in [6.45, 7) is 5.86. The molecule has 1 unspecified atom stereocenters. The van der Waals surface area contributed by atoms with Crippen molar-refractivity contribution >= 4 is 5.91 Å². The molecule has 3 nitrogen and oxygen atoms in total. The standard InChI is InChI=1S/C12H18N2O/c1-4-11(14-12(15)9(2)3)10-5-7-13-8-6-10/h5-9,11H,4H2,1-3H3,(H,14,15). The second-order valence-electron chi connectivity index (χ2n) is 3.90. The van der Waals surface area contributed by atoms with E-state index in [-0.39, 0.29) is 17.9 Å². The largest absolute Gasteiger partial charge is 0.349 e. The van der Waals surface area contributed by atoms with Gasteiger partial charge in [-0.3, -0.25) is 9.78 Å². The third kappa shape index (κ3) is 3.35. The van der Waals surface area contributed by atoms with Gasteiger partial charge in [0.05, 0.1) is 6.04 Å². The zero-order valence-corrected chi connectivity index (χ0v) is 9.53. The summed E-state index contributed by atoms with van der Waals surface area (Å²) in [5, 5.41) is 3.02. The molecule has 1 atom stereocenters. The average molecular weight is 206 g/mol. The Labute approximate surface area is 90.9 Å². The molecule has 0 fully saturated rings. The van der Waals surface area contributed by atoms with E-state index in [2.05, 4.69) is 17.2 Å². The van der Waals surface area contributed by atoms with Gasteiger partial charge >= 0.3 is 0 Å². The van der Waals surface area contributed by atoms with E-state index in [0.29, 0.717) is 0 Å². The molecule has 0 saturated carbocycles. The number of hydrogen-bond acceptors (Lipinski definition) is 2. The fraction of sp³-hybridized carbons (Fsp3) is 0.500. The van der Waals surface area contributed by atoms with Gasteiger partial charge in [-0.15, -0.1) is 0 Å². The first-order chi connectivity index (χ1) is 7.15. The second-order valence-corrected chi connectivity index (χ2v) is 3.90. The Morgan fingerprint density at radius 1 is 1.40 bits per heavy atom. The number of amides is 1. The molecular formula is C12H18N2O. The maximum Gasteiger partial charge on any atom is 0.223 e. The van der Waals surface area contributed by atoms with Gasteiger partial charge in [0, 0.05) is 18.3 Å². The quantitative estimate of drug-likeness (QED) is 0.821. The van der Waals surface area contributed by atoms with Gasteiger partial charge in [0.2, 0.25) is 5.91 Å². The Kier molecular flexibility index (Phi) is 4.28. The van der Waals surface area contributed by atoms with Gasteiger partial charge in [-0.05, 0) is 24.1 Å². The minimum atomic E-state index is 0.0286. The van der Waals surface area contributed by atoms with Crippen LogP contribution in [-0.4, -0.2) is 10.9 Å². The Bertz CT molecular complexity index is 309. The van der Waals surface area contributed by atoms with Crippen LogP contribution in [0.2, 0.25) is 0 Å². The molecule has 0 radical (unpaired) electrons. The molecule has 0 aliphatic rings. The van der Waals surface area contributed by atoms with E-state index < -0.39 is 0 Å². The van der Waals surface area contributed by atoms with Crippen LogP contribution in [0.3, 0.4) is 0 Å². The minimum absolute atomic E-state index is 0.0286. The van der Waals surface area contributed by atoms with E-state index in [1.54, 1.807) is 12.4 Å². The highest BCUT2D eigenvalue weighted by Gasteiger charge is 2.14. The molecule has 15 heavy (non-hydrogen) atoms. The van der Waals surface area contributed by atoms with Gasteiger partial charge in [-0.25, -0.2) is 0 Å². The first kappa shape index (κ1) is 11.7. The Morgan fingerprint density at radius 2 is 2.00 bits per heavy atom. The predicted octanol–water partition coefficient (Wildman–Crippen LogP) is 2.30. The van der Waals surface area contributed by atoms with E-state index >= 15 is 0 Å². The molecule has 0 aromatic carbocycles. The van der Waals surface area contributed by atoms with Crippen molar-refractivity contribution in [2.75, 3.05) is 0 Å².